The van der Waals surface area contributed by atoms with E-state index in [0.717, 1.165) is 5.56 Å². The number of rotatable bonds is 10. The number of esters is 1. The van der Waals surface area contributed by atoms with Gasteiger partial charge in [-0.05, 0) is 18.4 Å². The van der Waals surface area contributed by atoms with Crippen LogP contribution in [0.5, 0.6) is 0 Å². The second-order valence-corrected chi connectivity index (χ2v) is 5.38. The third-order valence-corrected chi connectivity index (χ3v) is 3.19. The predicted molar refractivity (Wildman–Crippen MR) is 97.2 cm³/mol. The Balaban J connectivity index is 0.000000660. The zero-order chi connectivity index (χ0) is 19.9. The fraction of sp³-hybridized carbons (Fsp3) is 0.316. The molecule has 2 atom stereocenters. The maximum Gasteiger partial charge on any atom is 0.320 e. The molecule has 0 aliphatic heterocycles. The molecule has 0 aliphatic carbocycles. The van der Waals surface area contributed by atoms with Gasteiger partial charge in [0, 0.05) is 0 Å². The Labute approximate surface area is 152 Å². The van der Waals surface area contributed by atoms with E-state index < -0.39 is 29.9 Å². The first-order valence-corrected chi connectivity index (χ1v) is 7.94. The molecule has 0 saturated heterocycles. The summed E-state index contributed by atoms with van der Waals surface area (Å²) in [6.45, 7) is 6.97. The number of carbonyl (C=O) groups is 3. The smallest absolute Gasteiger partial charge is 0.320 e. The molecule has 0 radical (unpaired) electrons. The Kier molecular flexibility index (Phi) is 11.9. The molecule has 1 rings (SSSR count). The second-order valence-electron chi connectivity index (χ2n) is 5.38. The van der Waals surface area contributed by atoms with Gasteiger partial charge in [-0.3, -0.25) is 14.4 Å². The monoisotopic (exact) mass is 363 g/mol. The number of hydrogen-bond donors (Lipinski definition) is 3. The summed E-state index contributed by atoms with van der Waals surface area (Å²) in [7, 11) is 0. The maximum atomic E-state index is 11.5. The largest absolute Gasteiger partial charge is 0.481 e. The van der Waals surface area contributed by atoms with Gasteiger partial charge < -0.3 is 20.7 Å². The van der Waals surface area contributed by atoms with Gasteiger partial charge in [0.1, 0.15) is 12.6 Å². The maximum absolute atomic E-state index is 11.5. The molecule has 0 unspecified atom stereocenters. The first-order chi connectivity index (χ1) is 12.3. The van der Waals surface area contributed by atoms with Crippen molar-refractivity contribution in [3.8, 4) is 0 Å². The molecule has 0 amide bonds. The van der Waals surface area contributed by atoms with Crippen molar-refractivity contribution in [1.82, 2.24) is 0 Å². The van der Waals surface area contributed by atoms with Crippen molar-refractivity contribution in [2.24, 2.45) is 11.7 Å². The Morgan fingerprint density at radius 1 is 1.04 bits per heavy atom. The number of hydrogen-bond acceptors (Lipinski definition) is 5. The van der Waals surface area contributed by atoms with Gasteiger partial charge in [0.15, 0.2) is 0 Å². The molecule has 0 bridgehead atoms. The summed E-state index contributed by atoms with van der Waals surface area (Å²) in [5.74, 6) is -3.25. The SMILES string of the molecule is C=CC[C@H](CC(=O)OCc1ccccc1)C(=O)O.C=CC[C@H](N)C(=O)O. The van der Waals surface area contributed by atoms with Crippen molar-refractivity contribution >= 4 is 17.9 Å². The summed E-state index contributed by atoms with van der Waals surface area (Å²) in [6.07, 6.45) is 3.43. The topological polar surface area (TPSA) is 127 Å². The number of benzene rings is 1. The molecule has 1 aromatic rings. The van der Waals surface area contributed by atoms with Crippen LogP contribution in [-0.4, -0.2) is 34.2 Å². The molecule has 7 heteroatoms. The van der Waals surface area contributed by atoms with Crippen molar-refractivity contribution in [1.29, 1.82) is 0 Å². The molecule has 7 nitrogen and oxygen atoms in total. The molecule has 0 spiro atoms. The molecule has 142 valence electrons. The number of ether oxygens (including phenoxy) is 1. The van der Waals surface area contributed by atoms with E-state index >= 15 is 0 Å². The van der Waals surface area contributed by atoms with Crippen molar-refractivity contribution in [2.75, 3.05) is 0 Å². The summed E-state index contributed by atoms with van der Waals surface area (Å²) in [4.78, 5) is 32.2. The van der Waals surface area contributed by atoms with Gasteiger partial charge in [-0.15, -0.1) is 13.2 Å². The van der Waals surface area contributed by atoms with Crippen molar-refractivity contribution in [2.45, 2.75) is 31.9 Å². The van der Waals surface area contributed by atoms with Gasteiger partial charge in [0.2, 0.25) is 0 Å². The van der Waals surface area contributed by atoms with Gasteiger partial charge in [-0.2, -0.15) is 0 Å². The van der Waals surface area contributed by atoms with Gasteiger partial charge in [0.25, 0.3) is 0 Å². The quantitative estimate of drug-likeness (QED) is 0.430. The van der Waals surface area contributed by atoms with E-state index in [9.17, 15) is 14.4 Å². The first-order valence-electron chi connectivity index (χ1n) is 7.94. The minimum absolute atomic E-state index is 0.131. The van der Waals surface area contributed by atoms with E-state index in [1.165, 1.54) is 12.2 Å². The summed E-state index contributed by atoms with van der Waals surface area (Å²) >= 11 is 0. The summed E-state index contributed by atoms with van der Waals surface area (Å²) in [6, 6.07) is 8.46. The van der Waals surface area contributed by atoms with Crippen molar-refractivity contribution in [3.63, 3.8) is 0 Å². The van der Waals surface area contributed by atoms with Gasteiger partial charge in [0.05, 0.1) is 12.3 Å². The first kappa shape index (κ1) is 23.1. The number of aliphatic carboxylic acids is 2. The standard InChI is InChI=1S/C14H16O4.C5H9NO2/c1-2-6-12(14(16)17)9-13(15)18-10-11-7-4-3-5-8-11;1-2-3-4(6)5(7)8/h2-5,7-8,12H,1,6,9-10H2,(H,16,17);2,4H,1,3,6H2,(H,7,8)/t12-;4-/m10/s1. The molecular weight excluding hydrogens is 338 g/mol. The highest BCUT2D eigenvalue weighted by molar-refractivity contribution is 5.78. The van der Waals surface area contributed by atoms with Crippen LogP contribution in [0.4, 0.5) is 0 Å². The second kappa shape index (κ2) is 13.4. The number of carboxylic acid groups (broad SMARTS) is 2. The Hall–Kier alpha value is -2.93. The normalized spacial score (nSPS) is 11.9. The number of nitrogens with two attached hydrogens (primary N) is 1. The van der Waals surface area contributed by atoms with Crippen LogP contribution >= 0.6 is 0 Å². The Bertz CT molecular complexity index is 599. The van der Waals surface area contributed by atoms with E-state index in [1.54, 1.807) is 0 Å². The van der Waals surface area contributed by atoms with Crippen LogP contribution in [0, 0.1) is 5.92 Å². The molecular formula is C19H25NO6. The number of carboxylic acids is 2. The summed E-state index contributed by atoms with van der Waals surface area (Å²) in [5.41, 5.74) is 5.93. The van der Waals surface area contributed by atoms with E-state index in [4.69, 9.17) is 20.7 Å². The summed E-state index contributed by atoms with van der Waals surface area (Å²) in [5, 5.41) is 17.0. The van der Waals surface area contributed by atoms with Crippen LogP contribution in [0.3, 0.4) is 0 Å². The predicted octanol–water partition coefficient (Wildman–Crippen LogP) is 2.37. The lowest BCUT2D eigenvalue weighted by atomic mass is 10.0. The van der Waals surface area contributed by atoms with Gasteiger partial charge in [-0.25, -0.2) is 0 Å². The van der Waals surface area contributed by atoms with Crippen LogP contribution < -0.4 is 5.73 Å². The molecule has 0 saturated carbocycles. The Morgan fingerprint density at radius 3 is 2.04 bits per heavy atom. The average molecular weight is 363 g/mol. The molecule has 1 aromatic carbocycles. The molecule has 4 N–H and O–H groups in total. The summed E-state index contributed by atoms with van der Waals surface area (Å²) < 4.78 is 5.02. The van der Waals surface area contributed by atoms with Gasteiger partial charge in [-0.1, -0.05) is 42.5 Å². The zero-order valence-electron chi connectivity index (χ0n) is 14.5. The molecule has 26 heavy (non-hydrogen) atoms. The number of allylic oxidation sites excluding steroid dienone is 1. The van der Waals surface area contributed by atoms with E-state index in [0.29, 0.717) is 6.42 Å². The minimum Gasteiger partial charge on any atom is -0.481 e. The lowest BCUT2D eigenvalue weighted by molar-refractivity contribution is -0.152. The van der Waals surface area contributed by atoms with Crippen LogP contribution in [0.2, 0.25) is 0 Å². The van der Waals surface area contributed by atoms with Gasteiger partial charge >= 0.3 is 17.9 Å². The third kappa shape index (κ3) is 10.8. The molecule has 0 fully saturated rings. The lowest BCUT2D eigenvalue weighted by Crippen LogP contribution is -2.28. The molecule has 0 aromatic heterocycles. The van der Waals surface area contributed by atoms with E-state index in [2.05, 4.69) is 13.2 Å². The van der Waals surface area contributed by atoms with E-state index in [-0.39, 0.29) is 19.4 Å². The van der Waals surface area contributed by atoms with E-state index in [1.807, 2.05) is 30.3 Å². The van der Waals surface area contributed by atoms with Crippen LogP contribution in [-0.2, 0) is 25.7 Å². The Morgan fingerprint density at radius 2 is 1.62 bits per heavy atom. The highest BCUT2D eigenvalue weighted by atomic mass is 16.5. The fourth-order valence-electron chi connectivity index (χ4n) is 1.75. The van der Waals surface area contributed by atoms with Crippen molar-refractivity contribution in [3.05, 3.63) is 61.2 Å². The highest BCUT2D eigenvalue weighted by Gasteiger charge is 2.20. The zero-order valence-corrected chi connectivity index (χ0v) is 14.5. The van der Waals surface area contributed by atoms with Crippen LogP contribution in [0.15, 0.2) is 55.6 Å². The number of carbonyl (C=O) groups excluding carboxylic acids is 1. The van der Waals surface area contributed by atoms with Crippen LogP contribution in [0.1, 0.15) is 24.8 Å². The fourth-order valence-corrected chi connectivity index (χ4v) is 1.75. The lowest BCUT2D eigenvalue weighted by Gasteiger charge is -2.09. The third-order valence-electron chi connectivity index (χ3n) is 3.19. The highest BCUT2D eigenvalue weighted by Crippen LogP contribution is 2.11. The minimum atomic E-state index is -1.01. The average Bonchev–Trinajstić information content (AvgIpc) is 2.61. The van der Waals surface area contributed by atoms with Crippen LogP contribution in [0.25, 0.3) is 0 Å². The van der Waals surface area contributed by atoms with Crippen molar-refractivity contribution < 1.29 is 29.3 Å². The molecule has 0 heterocycles. The molecule has 0 aliphatic rings.